The monoisotopic (exact) mass is 498 g/mol. The van der Waals surface area contributed by atoms with Crippen LogP contribution in [0.1, 0.15) is 54.7 Å². The molecule has 0 unspecified atom stereocenters. The lowest BCUT2D eigenvalue weighted by molar-refractivity contribution is 0.0527. The van der Waals surface area contributed by atoms with Crippen molar-refractivity contribution >= 4 is 61.9 Å². The van der Waals surface area contributed by atoms with Gasteiger partial charge >= 0.3 is 11.9 Å². The average Bonchev–Trinajstić information content (AvgIpc) is 3.30. The summed E-state index contributed by atoms with van der Waals surface area (Å²) < 4.78 is 10.2. The molecule has 2 aromatic heterocycles. The number of nitrogens with zero attached hydrogens (tertiary/aromatic N) is 1. The van der Waals surface area contributed by atoms with Crippen LogP contribution in [-0.2, 0) is 9.47 Å². The third kappa shape index (κ3) is 5.03. The first-order valence-electron chi connectivity index (χ1n) is 10.3. The van der Waals surface area contributed by atoms with Crippen molar-refractivity contribution in [3.05, 3.63) is 56.8 Å². The number of amides is 1. The predicted molar refractivity (Wildman–Crippen MR) is 132 cm³/mol. The first-order chi connectivity index (χ1) is 16.3. The molecule has 0 saturated carbocycles. The maximum atomic E-state index is 13.1. The Bertz CT molecular complexity index is 1270. The van der Waals surface area contributed by atoms with Gasteiger partial charge in [-0.15, -0.1) is 22.7 Å². The number of hydrogen-bond donors (Lipinski definition) is 3. The minimum absolute atomic E-state index is 0.0139. The summed E-state index contributed by atoms with van der Waals surface area (Å²) in [6.07, 6.45) is 0. The SMILES string of the molecule is CCOC(=O)c1sc(NC(=O)c2sc(Nc3ccccc3)c(C#N)c2N)c(C(=O)OCC)c1C. The molecule has 4 N–H and O–H groups in total. The number of hydrogen-bond acceptors (Lipinski definition) is 10. The Balaban J connectivity index is 1.97. The molecule has 176 valence electrons. The zero-order valence-electron chi connectivity index (χ0n) is 18.7. The van der Waals surface area contributed by atoms with Gasteiger partial charge in [-0.3, -0.25) is 4.79 Å². The van der Waals surface area contributed by atoms with Crippen molar-refractivity contribution in [2.24, 2.45) is 0 Å². The van der Waals surface area contributed by atoms with Gasteiger partial charge in [-0.05, 0) is 38.5 Å². The van der Waals surface area contributed by atoms with Gasteiger partial charge in [0, 0.05) is 5.69 Å². The van der Waals surface area contributed by atoms with Gasteiger partial charge in [0.15, 0.2) is 0 Å². The molecule has 3 rings (SSSR count). The van der Waals surface area contributed by atoms with Crippen molar-refractivity contribution in [1.82, 2.24) is 0 Å². The first-order valence-corrected chi connectivity index (χ1v) is 11.9. The molecule has 2 heterocycles. The van der Waals surface area contributed by atoms with E-state index in [1.807, 2.05) is 36.4 Å². The molecule has 9 nitrogen and oxygen atoms in total. The van der Waals surface area contributed by atoms with Gasteiger partial charge in [0.25, 0.3) is 5.91 Å². The first kappa shape index (κ1) is 24.8. The fraction of sp³-hybridized carbons (Fsp3) is 0.217. The Hall–Kier alpha value is -3.88. The number of nitriles is 1. The normalized spacial score (nSPS) is 10.3. The summed E-state index contributed by atoms with van der Waals surface area (Å²) in [6, 6.07) is 11.2. The molecule has 0 spiro atoms. The van der Waals surface area contributed by atoms with Gasteiger partial charge in [-0.2, -0.15) is 5.26 Å². The molecule has 3 aromatic rings. The highest BCUT2D eigenvalue weighted by molar-refractivity contribution is 7.20. The molecule has 1 amide bonds. The second kappa shape index (κ2) is 10.8. The molecule has 1 aromatic carbocycles. The Morgan fingerprint density at radius 2 is 1.62 bits per heavy atom. The highest BCUT2D eigenvalue weighted by Gasteiger charge is 2.29. The maximum Gasteiger partial charge on any atom is 0.348 e. The minimum Gasteiger partial charge on any atom is -0.462 e. The van der Waals surface area contributed by atoms with Crippen molar-refractivity contribution in [2.45, 2.75) is 20.8 Å². The topological polar surface area (TPSA) is 144 Å². The van der Waals surface area contributed by atoms with E-state index >= 15 is 0 Å². The average molecular weight is 499 g/mol. The highest BCUT2D eigenvalue weighted by atomic mass is 32.1. The van der Waals surface area contributed by atoms with Gasteiger partial charge in [0.1, 0.15) is 31.4 Å². The number of thiophene rings is 2. The largest absolute Gasteiger partial charge is 0.462 e. The number of nitrogens with one attached hydrogen (secondary N) is 2. The van der Waals surface area contributed by atoms with Crippen LogP contribution in [0.3, 0.4) is 0 Å². The van der Waals surface area contributed by atoms with Crippen LogP contribution in [0.15, 0.2) is 30.3 Å². The number of rotatable bonds is 8. The molecule has 34 heavy (non-hydrogen) atoms. The number of ether oxygens (including phenoxy) is 2. The molecular formula is C23H22N4O5S2. The van der Waals surface area contributed by atoms with Crippen LogP contribution in [0.25, 0.3) is 0 Å². The standard InChI is InChI=1S/C23H22N4O5S2/c1-4-31-22(29)15-12(3)17(23(30)32-5-2)33-21(15)27-19(28)18-16(25)14(11-24)20(34-18)26-13-9-7-6-8-10-13/h6-10,26H,4-5,25H2,1-3H3,(H,27,28). The van der Waals surface area contributed by atoms with E-state index in [4.69, 9.17) is 15.2 Å². The fourth-order valence-corrected chi connectivity index (χ4v) is 5.14. The third-order valence-electron chi connectivity index (χ3n) is 4.61. The smallest absolute Gasteiger partial charge is 0.348 e. The number of nitrogens with two attached hydrogens (primary N) is 1. The van der Waals surface area contributed by atoms with Gasteiger partial charge in [-0.1, -0.05) is 18.2 Å². The lowest BCUT2D eigenvalue weighted by atomic mass is 10.1. The minimum atomic E-state index is -0.676. The van der Waals surface area contributed by atoms with Crippen molar-refractivity contribution in [3.63, 3.8) is 0 Å². The number of esters is 2. The summed E-state index contributed by atoms with van der Waals surface area (Å²) in [6.45, 7) is 5.19. The number of nitrogen functional groups attached to an aromatic ring is 1. The van der Waals surface area contributed by atoms with E-state index in [-0.39, 0.29) is 44.8 Å². The highest BCUT2D eigenvalue weighted by Crippen LogP contribution is 2.39. The van der Waals surface area contributed by atoms with Crippen molar-refractivity contribution < 1.29 is 23.9 Å². The van der Waals surface area contributed by atoms with Crippen LogP contribution in [0.2, 0.25) is 0 Å². The van der Waals surface area contributed by atoms with Crippen LogP contribution >= 0.6 is 22.7 Å². The zero-order valence-corrected chi connectivity index (χ0v) is 20.3. The maximum absolute atomic E-state index is 13.1. The molecule has 11 heteroatoms. The van der Waals surface area contributed by atoms with Crippen LogP contribution in [0, 0.1) is 18.3 Å². The van der Waals surface area contributed by atoms with E-state index in [1.54, 1.807) is 20.8 Å². The fourth-order valence-electron chi connectivity index (χ4n) is 3.07. The Morgan fingerprint density at radius 1 is 1.00 bits per heavy atom. The third-order valence-corrected chi connectivity index (χ3v) is 6.92. The number of carbonyl (C=O) groups excluding carboxylic acids is 3. The van der Waals surface area contributed by atoms with Crippen LogP contribution in [0.5, 0.6) is 0 Å². The number of para-hydroxylation sites is 1. The molecule has 0 bridgehead atoms. The summed E-state index contributed by atoms with van der Waals surface area (Å²) in [5, 5.41) is 15.9. The number of benzene rings is 1. The second-order valence-electron chi connectivity index (χ2n) is 6.81. The molecule has 0 atom stereocenters. The van der Waals surface area contributed by atoms with E-state index in [2.05, 4.69) is 10.6 Å². The van der Waals surface area contributed by atoms with Crippen molar-refractivity contribution in [3.8, 4) is 6.07 Å². The number of carbonyl (C=O) groups is 3. The van der Waals surface area contributed by atoms with E-state index < -0.39 is 17.8 Å². The van der Waals surface area contributed by atoms with E-state index in [9.17, 15) is 19.6 Å². The lowest BCUT2D eigenvalue weighted by Crippen LogP contribution is -2.15. The zero-order chi connectivity index (χ0) is 24.8. The van der Waals surface area contributed by atoms with Crippen molar-refractivity contribution in [1.29, 1.82) is 5.26 Å². The Labute approximate surface area is 204 Å². The van der Waals surface area contributed by atoms with E-state index in [1.165, 1.54) is 0 Å². The summed E-state index contributed by atoms with van der Waals surface area (Å²) >= 11 is 1.92. The summed E-state index contributed by atoms with van der Waals surface area (Å²) in [5.74, 6) is -1.90. The molecule has 0 saturated heterocycles. The van der Waals surface area contributed by atoms with Crippen molar-refractivity contribution in [2.75, 3.05) is 29.6 Å². The van der Waals surface area contributed by atoms with Gasteiger partial charge in [-0.25, -0.2) is 9.59 Å². The Morgan fingerprint density at radius 3 is 2.24 bits per heavy atom. The van der Waals surface area contributed by atoms with E-state index in [0.29, 0.717) is 10.6 Å². The molecule has 0 radical (unpaired) electrons. The lowest BCUT2D eigenvalue weighted by Gasteiger charge is -2.06. The summed E-state index contributed by atoms with van der Waals surface area (Å²) in [5.41, 5.74) is 7.41. The second-order valence-corrected chi connectivity index (χ2v) is 8.85. The molecule has 0 fully saturated rings. The van der Waals surface area contributed by atoms with Gasteiger partial charge in [0.05, 0.1) is 24.5 Å². The molecular weight excluding hydrogens is 476 g/mol. The van der Waals surface area contributed by atoms with Crippen LogP contribution < -0.4 is 16.4 Å². The number of anilines is 4. The van der Waals surface area contributed by atoms with Crippen LogP contribution in [-0.4, -0.2) is 31.1 Å². The molecule has 0 aliphatic heterocycles. The summed E-state index contributed by atoms with van der Waals surface area (Å²) in [7, 11) is 0. The molecule has 0 aliphatic rings. The van der Waals surface area contributed by atoms with Crippen LogP contribution in [0.4, 0.5) is 21.4 Å². The summed E-state index contributed by atoms with van der Waals surface area (Å²) in [4.78, 5) is 38.3. The predicted octanol–water partition coefficient (Wildman–Crippen LogP) is 4.92. The molecule has 0 aliphatic carbocycles. The Kier molecular flexibility index (Phi) is 7.88. The van der Waals surface area contributed by atoms with E-state index in [0.717, 1.165) is 28.4 Å². The van der Waals surface area contributed by atoms with Gasteiger partial charge in [0.2, 0.25) is 0 Å². The quantitative estimate of drug-likeness (QED) is 0.371. The van der Waals surface area contributed by atoms with Gasteiger partial charge < -0.3 is 25.8 Å².